The molecule has 0 rings (SSSR count). The Morgan fingerprint density at radius 1 is 0.407 bits per heavy atom. The summed E-state index contributed by atoms with van der Waals surface area (Å²) in [6.45, 7) is 0. The molecule has 0 fully saturated rings. The number of aliphatic hydroxyl groups is 4. The Balaban J connectivity index is -0.000000411. The fraction of sp³-hybridized carbons (Fsp3) is 1.00. The molecule has 4 atom stereocenters. The van der Waals surface area contributed by atoms with Gasteiger partial charge in [0.05, 0.1) is 0 Å². The average Bonchev–Trinajstić information content (AvgIpc) is 2.34. The molecule has 171 valence electrons. The predicted octanol–water partition coefficient (Wildman–Crippen LogP) is 2.44. The van der Waals surface area contributed by atoms with Crippen molar-refractivity contribution < 1.29 is 90.2 Å². The summed E-state index contributed by atoms with van der Waals surface area (Å²) in [5.74, 6) is 0. The van der Waals surface area contributed by atoms with Crippen molar-refractivity contribution in [3.63, 3.8) is 0 Å². The van der Waals surface area contributed by atoms with Crippen LogP contribution in [0.5, 0.6) is 0 Å². The molecule has 4 N–H and O–H groups in total. The van der Waals surface area contributed by atoms with Gasteiger partial charge >= 0.3 is 24.7 Å². The van der Waals surface area contributed by atoms with Crippen LogP contribution < -0.4 is 0 Å². The summed E-state index contributed by atoms with van der Waals surface area (Å²) in [4.78, 5) is 0. The van der Waals surface area contributed by atoms with E-state index < -0.39 is 62.0 Å². The third-order valence-corrected chi connectivity index (χ3v) is 2.40. The van der Waals surface area contributed by atoms with Gasteiger partial charge in [0.15, 0.2) is 24.4 Å². The molecule has 0 aliphatic carbocycles. The van der Waals surface area contributed by atoms with Crippen LogP contribution in [0.25, 0.3) is 0 Å². The van der Waals surface area contributed by atoms with Crippen molar-refractivity contribution in [1.29, 1.82) is 0 Å². The summed E-state index contributed by atoms with van der Waals surface area (Å²) in [7, 11) is 0. The van der Waals surface area contributed by atoms with Crippen molar-refractivity contribution in [3.05, 3.63) is 0 Å². The van der Waals surface area contributed by atoms with Crippen LogP contribution in [0.1, 0.15) is 12.8 Å². The van der Waals surface area contributed by atoms with Crippen LogP contribution >= 0.6 is 0 Å². The molecule has 0 amide bonds. The summed E-state index contributed by atoms with van der Waals surface area (Å²) < 4.78 is 138. The van der Waals surface area contributed by atoms with E-state index in [1.54, 1.807) is 0 Å². The Morgan fingerprint density at radius 3 is 0.593 bits per heavy atom. The van der Waals surface area contributed by atoms with E-state index in [9.17, 15) is 52.7 Å². The van der Waals surface area contributed by atoms with Crippen molar-refractivity contribution in [2.75, 3.05) is 0 Å². The SMILES string of the molecule is OC(CC(O)C(F)(F)F)C(F)(F)F.OC(CC(O)C(F)(F)F)C(F)(F)F.[Cu]. The average molecular weight is 488 g/mol. The Hall–Kier alpha value is -0.481. The standard InChI is InChI=1S/2C5H6F6O2.Cu/c2*6-4(7,8)2(12)1-3(13)5(9,10)11;/h2*2-3,12-13H,1H2;. The minimum atomic E-state index is -5.15. The molecule has 0 aliphatic rings. The molecule has 4 unspecified atom stereocenters. The van der Waals surface area contributed by atoms with E-state index in [0.717, 1.165) is 0 Å². The maximum atomic E-state index is 11.5. The van der Waals surface area contributed by atoms with E-state index in [1.807, 2.05) is 0 Å². The van der Waals surface area contributed by atoms with Gasteiger partial charge in [0.25, 0.3) is 0 Å². The molecule has 0 saturated carbocycles. The number of hydrogen-bond acceptors (Lipinski definition) is 4. The summed E-state index contributed by atoms with van der Waals surface area (Å²) in [6.07, 6.45) is -36.8. The quantitative estimate of drug-likeness (QED) is 0.363. The molecule has 0 bridgehead atoms. The maximum Gasteiger partial charge on any atom is 0.414 e. The minimum Gasteiger partial charge on any atom is -0.384 e. The van der Waals surface area contributed by atoms with Gasteiger partial charge in [-0.15, -0.1) is 0 Å². The second kappa shape index (κ2) is 10.9. The molecule has 1 radical (unpaired) electrons. The van der Waals surface area contributed by atoms with E-state index in [0.29, 0.717) is 0 Å². The molecule has 0 aromatic heterocycles. The monoisotopic (exact) mass is 487 g/mol. The van der Waals surface area contributed by atoms with Crippen molar-refractivity contribution >= 4 is 0 Å². The van der Waals surface area contributed by atoms with Crippen LogP contribution in [0.2, 0.25) is 0 Å². The molecule has 0 heterocycles. The summed E-state index contributed by atoms with van der Waals surface area (Å²) in [5.41, 5.74) is 0. The van der Waals surface area contributed by atoms with E-state index in [2.05, 4.69) is 0 Å². The molecule has 0 aromatic rings. The fourth-order valence-electron chi connectivity index (χ4n) is 0.957. The van der Waals surface area contributed by atoms with Crippen molar-refractivity contribution in [3.8, 4) is 0 Å². The fourth-order valence-corrected chi connectivity index (χ4v) is 0.957. The summed E-state index contributed by atoms with van der Waals surface area (Å²) in [6, 6.07) is 0. The molecule has 0 spiro atoms. The zero-order valence-electron chi connectivity index (χ0n) is 12.3. The molecular formula is C10H12CuF12O4. The van der Waals surface area contributed by atoms with Crippen LogP contribution in [0.4, 0.5) is 52.7 Å². The van der Waals surface area contributed by atoms with E-state index in [-0.39, 0.29) is 17.1 Å². The molecule has 0 aliphatic heterocycles. The van der Waals surface area contributed by atoms with Gasteiger partial charge in [-0.25, -0.2) is 0 Å². The topological polar surface area (TPSA) is 80.9 Å². The molecule has 4 nitrogen and oxygen atoms in total. The third kappa shape index (κ3) is 14.2. The second-order valence-corrected chi connectivity index (χ2v) is 4.70. The number of halogens is 12. The largest absolute Gasteiger partial charge is 0.414 e. The van der Waals surface area contributed by atoms with E-state index in [4.69, 9.17) is 20.4 Å². The van der Waals surface area contributed by atoms with Gasteiger partial charge in [-0.3, -0.25) is 0 Å². The first-order valence-electron chi connectivity index (χ1n) is 6.09. The molecule has 17 heteroatoms. The zero-order valence-corrected chi connectivity index (χ0v) is 13.3. The Labute approximate surface area is 153 Å². The predicted molar refractivity (Wildman–Crippen MR) is 57.5 cm³/mol. The number of aliphatic hydroxyl groups excluding tert-OH is 4. The molecular weight excluding hydrogens is 476 g/mol. The minimum absolute atomic E-state index is 0. The van der Waals surface area contributed by atoms with Crippen LogP contribution in [0.3, 0.4) is 0 Å². The maximum absolute atomic E-state index is 11.5. The smallest absolute Gasteiger partial charge is 0.384 e. The van der Waals surface area contributed by atoms with Gasteiger partial charge in [0, 0.05) is 29.9 Å². The van der Waals surface area contributed by atoms with Gasteiger partial charge in [0.2, 0.25) is 0 Å². The van der Waals surface area contributed by atoms with Crippen LogP contribution in [-0.4, -0.2) is 69.5 Å². The van der Waals surface area contributed by atoms with Crippen LogP contribution in [0.15, 0.2) is 0 Å². The Kier molecular flexibility index (Phi) is 12.6. The molecule has 0 saturated heterocycles. The first kappa shape index (κ1) is 31.2. The zero-order chi connectivity index (χ0) is 21.7. The van der Waals surface area contributed by atoms with Crippen molar-refractivity contribution in [2.24, 2.45) is 0 Å². The van der Waals surface area contributed by atoms with Crippen molar-refractivity contribution in [2.45, 2.75) is 62.0 Å². The first-order chi connectivity index (χ1) is 11.1. The second-order valence-electron chi connectivity index (χ2n) is 4.70. The van der Waals surface area contributed by atoms with Gasteiger partial charge in [-0.05, 0) is 0 Å². The van der Waals surface area contributed by atoms with Gasteiger partial charge in [-0.2, -0.15) is 52.7 Å². The van der Waals surface area contributed by atoms with E-state index >= 15 is 0 Å². The summed E-state index contributed by atoms with van der Waals surface area (Å²) >= 11 is 0. The number of rotatable bonds is 4. The van der Waals surface area contributed by atoms with Crippen molar-refractivity contribution in [1.82, 2.24) is 0 Å². The Bertz CT molecular complexity index is 331. The number of alkyl halides is 12. The van der Waals surface area contributed by atoms with Gasteiger partial charge < -0.3 is 20.4 Å². The van der Waals surface area contributed by atoms with Crippen LogP contribution in [0, 0.1) is 0 Å². The van der Waals surface area contributed by atoms with E-state index in [1.165, 1.54) is 0 Å². The van der Waals surface area contributed by atoms with Gasteiger partial charge in [-0.1, -0.05) is 0 Å². The molecule has 0 aromatic carbocycles. The third-order valence-electron chi connectivity index (χ3n) is 2.40. The normalized spacial score (nSPS) is 17.8. The summed E-state index contributed by atoms with van der Waals surface area (Å²) in [5, 5.41) is 32.5. The molecule has 27 heavy (non-hydrogen) atoms. The first-order valence-corrected chi connectivity index (χ1v) is 6.09. The number of hydrogen-bond donors (Lipinski definition) is 4. The van der Waals surface area contributed by atoms with Crippen LogP contribution in [-0.2, 0) is 17.1 Å². The Morgan fingerprint density at radius 2 is 0.519 bits per heavy atom. The van der Waals surface area contributed by atoms with Gasteiger partial charge in [0.1, 0.15) is 0 Å².